The molecule has 110 valence electrons. The van der Waals surface area contributed by atoms with Crippen LogP contribution >= 0.6 is 15.9 Å². The Kier molecular flexibility index (Phi) is 6.51. The van der Waals surface area contributed by atoms with Crippen molar-refractivity contribution < 1.29 is 14.3 Å². The zero-order chi connectivity index (χ0) is 15.1. The highest BCUT2D eigenvalue weighted by Gasteiger charge is 2.14. The summed E-state index contributed by atoms with van der Waals surface area (Å²) in [7, 11) is 1.58. The lowest BCUT2D eigenvalue weighted by molar-refractivity contribution is -0.136. The predicted molar refractivity (Wildman–Crippen MR) is 80.6 cm³/mol. The number of hydrogen-bond acceptors (Lipinski definition) is 3. The van der Waals surface area contributed by atoms with Crippen LogP contribution in [0.4, 0.5) is 0 Å². The first-order chi connectivity index (χ1) is 9.38. The topological polar surface area (TPSA) is 58.6 Å². The molecule has 0 saturated heterocycles. The maximum absolute atomic E-state index is 11.8. The molecule has 1 aromatic rings. The van der Waals surface area contributed by atoms with E-state index in [9.17, 15) is 9.59 Å². The number of halogens is 1. The van der Waals surface area contributed by atoms with Crippen molar-refractivity contribution >= 4 is 27.7 Å². The van der Waals surface area contributed by atoms with Crippen molar-refractivity contribution in [3.05, 3.63) is 28.7 Å². The number of hydrogen-bond donors (Lipinski definition) is 1. The molecule has 0 heterocycles. The van der Waals surface area contributed by atoms with E-state index < -0.39 is 0 Å². The normalized spacial score (nSPS) is 10.2. The van der Waals surface area contributed by atoms with E-state index in [1.165, 1.54) is 4.90 Å². The average molecular weight is 343 g/mol. The number of amides is 2. The molecule has 6 heteroatoms. The highest BCUT2D eigenvalue weighted by atomic mass is 79.9. The fourth-order valence-electron chi connectivity index (χ4n) is 1.48. The van der Waals surface area contributed by atoms with Crippen molar-refractivity contribution in [2.75, 3.05) is 20.2 Å². The van der Waals surface area contributed by atoms with Gasteiger partial charge in [0.2, 0.25) is 5.91 Å². The number of benzene rings is 1. The lowest BCUT2D eigenvalue weighted by Crippen LogP contribution is -2.42. The van der Waals surface area contributed by atoms with Gasteiger partial charge in [0, 0.05) is 17.6 Å². The summed E-state index contributed by atoms with van der Waals surface area (Å²) in [6, 6.07) is 7.30. The molecule has 0 aliphatic carbocycles. The lowest BCUT2D eigenvalue weighted by Gasteiger charge is -2.18. The summed E-state index contributed by atoms with van der Waals surface area (Å²) in [5.74, 6) is 0.176. The summed E-state index contributed by atoms with van der Waals surface area (Å²) in [4.78, 5) is 24.7. The van der Waals surface area contributed by atoms with Gasteiger partial charge in [0.1, 0.15) is 5.75 Å². The molecule has 0 aliphatic heterocycles. The Bertz CT molecular complexity index is 477. The minimum atomic E-state index is -0.246. The van der Waals surface area contributed by atoms with E-state index in [1.54, 1.807) is 19.2 Å². The van der Waals surface area contributed by atoms with Crippen molar-refractivity contribution in [1.82, 2.24) is 10.2 Å². The summed E-state index contributed by atoms with van der Waals surface area (Å²) < 4.78 is 6.26. The van der Waals surface area contributed by atoms with Gasteiger partial charge in [-0.25, -0.2) is 0 Å². The fraction of sp³-hybridized carbons (Fsp3) is 0.429. The molecule has 1 rings (SSSR count). The van der Waals surface area contributed by atoms with Crippen LogP contribution < -0.4 is 10.1 Å². The molecule has 0 fully saturated rings. The van der Waals surface area contributed by atoms with Gasteiger partial charge in [0.05, 0.1) is 6.54 Å². The van der Waals surface area contributed by atoms with Gasteiger partial charge in [0.15, 0.2) is 6.61 Å². The maximum atomic E-state index is 11.8. The van der Waals surface area contributed by atoms with Gasteiger partial charge in [-0.3, -0.25) is 9.59 Å². The molecule has 1 N–H and O–H groups in total. The van der Waals surface area contributed by atoms with E-state index in [-0.39, 0.29) is 31.0 Å². The third kappa shape index (κ3) is 6.06. The molecule has 1 aromatic carbocycles. The Morgan fingerprint density at radius 1 is 1.40 bits per heavy atom. The number of rotatable bonds is 6. The second kappa shape index (κ2) is 7.89. The Balaban J connectivity index is 2.40. The first kappa shape index (κ1) is 16.5. The van der Waals surface area contributed by atoms with Gasteiger partial charge in [-0.05, 0) is 32.0 Å². The third-order valence-electron chi connectivity index (χ3n) is 2.41. The number of nitrogens with one attached hydrogen (secondary N) is 1. The molecule has 0 saturated carbocycles. The molecular formula is C14H19BrN2O3. The van der Waals surface area contributed by atoms with Crippen LogP contribution in [0, 0.1) is 0 Å². The maximum Gasteiger partial charge on any atom is 0.260 e. The Hall–Kier alpha value is -1.56. The van der Waals surface area contributed by atoms with Crippen LogP contribution in [0.25, 0.3) is 0 Å². The largest absolute Gasteiger partial charge is 0.484 e. The first-order valence-corrected chi connectivity index (χ1v) is 7.09. The minimum absolute atomic E-state index is 0.0266. The Morgan fingerprint density at radius 2 is 2.10 bits per heavy atom. The zero-order valence-electron chi connectivity index (χ0n) is 11.9. The van der Waals surface area contributed by atoms with Crippen molar-refractivity contribution in [3.8, 4) is 5.75 Å². The quantitative estimate of drug-likeness (QED) is 0.857. The molecular weight excluding hydrogens is 324 g/mol. The number of ether oxygens (including phenoxy) is 1. The van der Waals surface area contributed by atoms with Gasteiger partial charge >= 0.3 is 0 Å². The molecule has 20 heavy (non-hydrogen) atoms. The van der Waals surface area contributed by atoms with Gasteiger partial charge in [0.25, 0.3) is 5.91 Å². The third-order valence-corrected chi connectivity index (χ3v) is 2.91. The van der Waals surface area contributed by atoms with Crippen LogP contribution in [0.2, 0.25) is 0 Å². The van der Waals surface area contributed by atoms with E-state index >= 15 is 0 Å². The van der Waals surface area contributed by atoms with Gasteiger partial charge in [-0.2, -0.15) is 0 Å². The van der Waals surface area contributed by atoms with Crippen LogP contribution in [-0.4, -0.2) is 43.0 Å². The van der Waals surface area contributed by atoms with Crippen LogP contribution in [0.3, 0.4) is 0 Å². The fourth-order valence-corrected chi connectivity index (χ4v) is 1.86. The van der Waals surface area contributed by atoms with E-state index in [2.05, 4.69) is 21.2 Å². The van der Waals surface area contributed by atoms with Crippen molar-refractivity contribution in [3.63, 3.8) is 0 Å². The number of carbonyl (C=O) groups excluding carboxylic acids is 2. The Morgan fingerprint density at radius 3 is 2.70 bits per heavy atom. The zero-order valence-corrected chi connectivity index (χ0v) is 13.4. The molecule has 0 aliphatic rings. The molecule has 0 radical (unpaired) electrons. The van der Waals surface area contributed by atoms with Crippen molar-refractivity contribution in [2.24, 2.45) is 0 Å². The number of carbonyl (C=O) groups is 2. The number of nitrogens with zero attached hydrogens (tertiary/aromatic N) is 1. The van der Waals surface area contributed by atoms with Crippen LogP contribution in [-0.2, 0) is 9.59 Å². The summed E-state index contributed by atoms with van der Waals surface area (Å²) in [5.41, 5.74) is 0. The second-order valence-corrected chi connectivity index (χ2v) is 5.63. The molecule has 2 amide bonds. The standard InChI is InChI=1S/C14H19BrN2O3/c1-10(2)16-13(18)8-17(3)14(19)9-20-12-6-4-5-11(15)7-12/h4-7,10H,8-9H2,1-3H3,(H,16,18). The number of likely N-dealkylation sites (N-methyl/N-ethyl adjacent to an activating group) is 1. The van der Waals surface area contributed by atoms with Crippen LogP contribution in [0.1, 0.15) is 13.8 Å². The van der Waals surface area contributed by atoms with Crippen molar-refractivity contribution in [1.29, 1.82) is 0 Å². The molecule has 0 aromatic heterocycles. The van der Waals surface area contributed by atoms with Gasteiger partial charge in [-0.1, -0.05) is 22.0 Å². The smallest absolute Gasteiger partial charge is 0.260 e. The SMILES string of the molecule is CC(C)NC(=O)CN(C)C(=O)COc1cccc(Br)c1. The van der Waals surface area contributed by atoms with Gasteiger partial charge < -0.3 is 15.0 Å². The van der Waals surface area contributed by atoms with E-state index in [1.807, 2.05) is 26.0 Å². The van der Waals surface area contributed by atoms with Gasteiger partial charge in [-0.15, -0.1) is 0 Å². The summed E-state index contributed by atoms with van der Waals surface area (Å²) in [5, 5.41) is 2.73. The highest BCUT2D eigenvalue weighted by Crippen LogP contribution is 2.17. The van der Waals surface area contributed by atoms with Crippen LogP contribution in [0.5, 0.6) is 5.75 Å². The molecule has 0 unspecified atom stereocenters. The average Bonchev–Trinajstić information content (AvgIpc) is 2.34. The predicted octanol–water partition coefficient (Wildman–Crippen LogP) is 1.81. The summed E-state index contributed by atoms with van der Waals surface area (Å²) in [6.07, 6.45) is 0. The Labute approximate surface area is 127 Å². The van der Waals surface area contributed by atoms with Crippen molar-refractivity contribution in [2.45, 2.75) is 19.9 Å². The lowest BCUT2D eigenvalue weighted by atomic mass is 10.3. The van der Waals surface area contributed by atoms with Crippen LogP contribution in [0.15, 0.2) is 28.7 Å². The van der Waals surface area contributed by atoms with E-state index in [0.717, 1.165) is 4.47 Å². The monoisotopic (exact) mass is 342 g/mol. The minimum Gasteiger partial charge on any atom is -0.484 e. The van der Waals surface area contributed by atoms with E-state index in [4.69, 9.17) is 4.74 Å². The summed E-state index contributed by atoms with van der Waals surface area (Å²) >= 11 is 3.33. The first-order valence-electron chi connectivity index (χ1n) is 6.30. The molecule has 0 bridgehead atoms. The summed E-state index contributed by atoms with van der Waals surface area (Å²) in [6.45, 7) is 3.67. The van der Waals surface area contributed by atoms with E-state index in [0.29, 0.717) is 5.75 Å². The highest BCUT2D eigenvalue weighted by molar-refractivity contribution is 9.10. The molecule has 0 atom stereocenters. The molecule has 5 nitrogen and oxygen atoms in total. The second-order valence-electron chi connectivity index (χ2n) is 4.72. The molecule has 0 spiro atoms.